The Morgan fingerprint density at radius 3 is 0.959 bits per heavy atom. The van der Waals surface area contributed by atoms with Crippen LogP contribution in [0, 0.1) is 0 Å². The third-order valence-corrected chi connectivity index (χ3v) is 14.8. The van der Waals surface area contributed by atoms with E-state index in [-0.39, 0.29) is 58.9 Å². The van der Waals surface area contributed by atoms with Gasteiger partial charge in [-0.1, -0.05) is 173 Å². The molecule has 0 aromatic heterocycles. The Hall–Kier alpha value is -1.19. The van der Waals surface area contributed by atoms with Gasteiger partial charge in [-0.15, -0.1) is 5.19 Å². The maximum Gasteiger partial charge on any atom is 4.00 e. The van der Waals surface area contributed by atoms with Crippen molar-refractivity contribution in [3.05, 3.63) is 112 Å². The zero-order valence-corrected chi connectivity index (χ0v) is 37.3. The zero-order chi connectivity index (χ0) is 33.2. The van der Waals surface area contributed by atoms with Crippen LogP contribution in [0.4, 0.5) is 0 Å². The molecule has 0 amide bonds. The molecule has 0 heterocycles. The topological polar surface area (TPSA) is 0 Å². The minimum absolute atomic E-state index is 0. The molecule has 0 nitrogen and oxygen atoms in total. The van der Waals surface area contributed by atoms with Crippen LogP contribution < -0.4 is 58.0 Å². The summed E-state index contributed by atoms with van der Waals surface area (Å²) in [5.41, 5.74) is 10.3. The van der Waals surface area contributed by atoms with Gasteiger partial charge in [0.05, 0.1) is 0 Å². The van der Waals surface area contributed by atoms with Gasteiger partial charge in [0.2, 0.25) is 0 Å². The van der Waals surface area contributed by atoms with E-state index in [0.29, 0.717) is 35.5 Å². The average molecular weight is 772 g/mol. The minimum atomic E-state index is -2.79. The van der Waals surface area contributed by atoms with Gasteiger partial charge >= 0.3 is 21.7 Å². The van der Waals surface area contributed by atoms with Crippen molar-refractivity contribution >= 4 is 28.8 Å². The molecule has 0 saturated carbocycles. The van der Waals surface area contributed by atoms with Crippen molar-refractivity contribution < 1.29 is 58.9 Å². The van der Waals surface area contributed by atoms with Crippen molar-refractivity contribution in [2.24, 2.45) is 0 Å². The number of hydrogen-bond donors (Lipinski definition) is 0. The monoisotopic (exact) mass is 770 g/mol. The Morgan fingerprint density at radius 2 is 0.735 bits per heavy atom. The van der Waals surface area contributed by atoms with Gasteiger partial charge < -0.3 is 37.2 Å². The zero-order valence-electron chi connectivity index (χ0n) is 32.4. The first-order chi connectivity index (χ1) is 21.2. The second kappa shape index (κ2) is 20.2. The molecule has 0 bridgehead atoms. The van der Waals surface area contributed by atoms with Crippen LogP contribution in [0.25, 0.3) is 0 Å². The second-order valence-corrected chi connectivity index (χ2v) is 19.3. The van der Waals surface area contributed by atoms with Crippen LogP contribution in [-0.2, 0) is 28.1 Å². The van der Waals surface area contributed by atoms with Gasteiger partial charge in [-0.25, -0.2) is 12.1 Å². The second-order valence-electron chi connectivity index (χ2n) is 15.6. The van der Waals surface area contributed by atoms with E-state index in [1.54, 1.807) is 20.7 Å². The third kappa shape index (κ3) is 10.2. The molecule has 0 atom stereocenters. The van der Waals surface area contributed by atoms with Gasteiger partial charge in [-0.3, -0.25) is 0 Å². The molecule has 4 aromatic rings. The van der Waals surface area contributed by atoms with Crippen LogP contribution in [0.1, 0.15) is 171 Å². The van der Waals surface area contributed by atoms with Gasteiger partial charge in [-0.05, 0) is 68.9 Å². The molecule has 0 aliphatic heterocycles. The van der Waals surface area contributed by atoms with Crippen molar-refractivity contribution in [3.8, 4) is 0 Å². The van der Waals surface area contributed by atoms with Crippen LogP contribution in [0.2, 0.25) is 0 Å². The largest absolute Gasteiger partial charge is 4.00 e. The molecule has 0 aliphatic carbocycles. The first-order valence-electron chi connectivity index (χ1n) is 17.9. The summed E-state index contributed by atoms with van der Waals surface area (Å²) in [5.74, 6) is 2.78. The minimum Gasteiger partial charge on any atom is -1.00 e. The fraction of sp³-hybridized carbons (Fsp3) is 0.477. The third-order valence-electron chi connectivity index (χ3n) is 10.1. The maximum absolute atomic E-state index is 2.79. The fourth-order valence-electron chi connectivity index (χ4n) is 6.96. The van der Waals surface area contributed by atoms with Gasteiger partial charge in [-0.2, -0.15) is 11.6 Å². The SMILES string of the molecule is CCCc1ccc[c-]1[Si](c1cc(C(C)C)cc(C(C)C)c1)(c1cc(C(C)C)cc(C(C)C)c1)c1cc(C(C)C)cc(C(C)C)c1.[Cl-].[Cl-].[Cl-].[Ti+4]. The first-order valence-corrected chi connectivity index (χ1v) is 19.9. The Morgan fingerprint density at radius 1 is 0.469 bits per heavy atom. The maximum atomic E-state index is 2.62. The average Bonchev–Trinajstić information content (AvgIpc) is 3.45. The molecule has 5 heteroatoms. The van der Waals surface area contributed by atoms with Crippen molar-refractivity contribution in [1.82, 2.24) is 0 Å². The van der Waals surface area contributed by atoms with Crippen LogP contribution in [0.5, 0.6) is 0 Å². The standard InChI is InChI=1S/C44H61Si.3ClH.Ti/c1-14-16-34-17-15-18-44(34)45(41-22-35(28(2)3)19-36(23-41)29(4)5,42-24-37(30(6)7)20-38(25-42)31(8)9)43-26-39(32(10)11)21-40(27-43)33(12)13;;;;/h15,17-33H,14,16H2,1-13H3;3*1H;/q-1;;;;+4/p-3. The van der Waals surface area contributed by atoms with E-state index in [2.05, 4.69) is 163 Å². The molecule has 4 rings (SSSR count). The molecule has 0 fully saturated rings. The van der Waals surface area contributed by atoms with Crippen LogP contribution in [0.3, 0.4) is 0 Å². The molecule has 0 saturated heterocycles. The first kappa shape index (κ1) is 47.8. The van der Waals surface area contributed by atoms with E-state index < -0.39 is 8.07 Å². The van der Waals surface area contributed by atoms with Gasteiger partial charge in [0, 0.05) is 0 Å². The van der Waals surface area contributed by atoms with Gasteiger partial charge in [0.1, 0.15) is 8.07 Å². The summed E-state index contributed by atoms with van der Waals surface area (Å²) < 4.78 is 0. The molecular weight excluding hydrogens is 711 g/mol. The molecule has 49 heavy (non-hydrogen) atoms. The Bertz CT molecular complexity index is 1360. The number of hydrogen-bond acceptors (Lipinski definition) is 0. The van der Waals surface area contributed by atoms with E-state index in [9.17, 15) is 0 Å². The van der Waals surface area contributed by atoms with E-state index >= 15 is 0 Å². The number of aryl methyl sites for hydroxylation is 1. The smallest absolute Gasteiger partial charge is 1.00 e. The van der Waals surface area contributed by atoms with Crippen molar-refractivity contribution in [2.45, 2.75) is 138 Å². The summed E-state index contributed by atoms with van der Waals surface area (Å²) in [6.07, 6.45) is 2.26. The van der Waals surface area contributed by atoms with Gasteiger partial charge in [0.15, 0.2) is 0 Å². The Kier molecular flexibility index (Phi) is 19.7. The number of halogens is 3. The molecule has 4 aromatic carbocycles. The molecule has 0 aliphatic rings. The summed E-state index contributed by atoms with van der Waals surface area (Å²) in [6, 6.07) is 30.5. The van der Waals surface area contributed by atoms with Crippen LogP contribution in [0.15, 0.2) is 72.8 Å². The predicted octanol–water partition coefficient (Wildman–Crippen LogP) is 1.49. The van der Waals surface area contributed by atoms with Crippen molar-refractivity contribution in [3.63, 3.8) is 0 Å². The normalized spacial score (nSPS) is 11.6. The molecule has 266 valence electrons. The molecule has 0 spiro atoms. The van der Waals surface area contributed by atoms with Gasteiger partial charge in [0.25, 0.3) is 0 Å². The van der Waals surface area contributed by atoms with E-state index in [4.69, 9.17) is 0 Å². The number of benzene rings is 3. The summed E-state index contributed by atoms with van der Waals surface area (Å²) in [4.78, 5) is 0. The van der Waals surface area contributed by atoms with E-state index in [1.165, 1.54) is 38.9 Å². The Balaban J connectivity index is 0.00000576. The number of rotatable bonds is 12. The van der Waals surface area contributed by atoms with E-state index in [0.717, 1.165) is 12.8 Å². The summed E-state index contributed by atoms with van der Waals surface area (Å²) in [6.45, 7) is 30.7. The molecular formula is C44H61Cl3SiTi. The summed E-state index contributed by atoms with van der Waals surface area (Å²) in [5, 5.41) is 6.23. The van der Waals surface area contributed by atoms with Crippen molar-refractivity contribution in [2.75, 3.05) is 0 Å². The fourth-order valence-corrected chi connectivity index (χ4v) is 12.2. The Labute approximate surface area is 335 Å². The molecule has 0 unspecified atom stereocenters. The molecule has 0 radical (unpaired) electrons. The molecule has 0 N–H and O–H groups in total. The van der Waals surface area contributed by atoms with Crippen LogP contribution >= 0.6 is 0 Å². The van der Waals surface area contributed by atoms with Crippen molar-refractivity contribution in [1.29, 1.82) is 0 Å². The summed E-state index contributed by atoms with van der Waals surface area (Å²) in [7, 11) is -2.79. The predicted molar refractivity (Wildman–Crippen MR) is 204 cm³/mol. The van der Waals surface area contributed by atoms with Crippen LogP contribution in [-0.4, -0.2) is 8.07 Å². The quantitative estimate of drug-likeness (QED) is 0.117. The summed E-state index contributed by atoms with van der Waals surface area (Å²) >= 11 is 0. The van der Waals surface area contributed by atoms with E-state index in [1.807, 2.05) is 0 Å².